The van der Waals surface area contributed by atoms with E-state index in [0.717, 1.165) is 10.6 Å². The Balaban J connectivity index is 2.13. The Bertz CT molecular complexity index is 523. The highest BCUT2D eigenvalue weighted by Crippen LogP contribution is 2.09. The quantitative estimate of drug-likeness (QED) is 0.816. The zero-order valence-electron chi connectivity index (χ0n) is 9.17. The zero-order valence-corrected chi connectivity index (χ0v) is 10.8. The van der Waals surface area contributed by atoms with Gasteiger partial charge in [-0.15, -0.1) is 11.3 Å². The molecule has 0 saturated carbocycles. The van der Waals surface area contributed by atoms with Crippen LogP contribution in [0.3, 0.4) is 0 Å². The maximum Gasteiger partial charge on any atom is 0.223 e. The van der Waals surface area contributed by atoms with Gasteiger partial charge in [-0.25, -0.2) is 9.97 Å². The van der Waals surface area contributed by atoms with Crippen LogP contribution >= 0.6 is 23.6 Å². The first-order valence-electron chi connectivity index (χ1n) is 4.92. The minimum Gasteiger partial charge on any atom is -0.388 e. The number of nitrogens with zero attached hydrogens (tertiary/aromatic N) is 3. The Morgan fingerprint density at radius 2 is 2.35 bits per heavy atom. The smallest absolute Gasteiger partial charge is 0.223 e. The van der Waals surface area contributed by atoms with Crippen molar-refractivity contribution in [3.63, 3.8) is 0 Å². The van der Waals surface area contributed by atoms with E-state index in [9.17, 15) is 0 Å². The number of nitrogens with one attached hydrogen (secondary N) is 1. The summed E-state index contributed by atoms with van der Waals surface area (Å²) in [5.74, 6) is 0.529. The Hall–Kier alpha value is -1.60. The van der Waals surface area contributed by atoms with Gasteiger partial charge in [-0.1, -0.05) is 12.2 Å². The molecule has 2 rings (SSSR count). The van der Waals surface area contributed by atoms with Crippen molar-refractivity contribution in [3.05, 3.63) is 34.0 Å². The molecule has 0 radical (unpaired) electrons. The molecule has 0 spiro atoms. The number of anilines is 1. The van der Waals surface area contributed by atoms with Crippen LogP contribution in [0.2, 0.25) is 0 Å². The minimum atomic E-state index is 0.274. The molecule has 0 aliphatic rings. The predicted molar refractivity (Wildman–Crippen MR) is 72.1 cm³/mol. The average Bonchev–Trinajstić information content (AvgIpc) is 2.78. The van der Waals surface area contributed by atoms with Gasteiger partial charge in [-0.2, -0.15) is 0 Å². The molecule has 0 unspecified atom stereocenters. The highest BCUT2D eigenvalue weighted by molar-refractivity contribution is 7.80. The van der Waals surface area contributed by atoms with Crippen molar-refractivity contribution in [2.75, 3.05) is 5.32 Å². The normalized spacial score (nSPS) is 10.2. The molecule has 5 nitrogen and oxygen atoms in total. The topological polar surface area (TPSA) is 76.7 Å². The third-order valence-corrected chi connectivity index (χ3v) is 3.00. The molecular formula is C10H11N5S2. The van der Waals surface area contributed by atoms with Gasteiger partial charge < -0.3 is 11.1 Å². The second kappa shape index (κ2) is 5.15. The van der Waals surface area contributed by atoms with Crippen LogP contribution in [0.25, 0.3) is 0 Å². The second-order valence-corrected chi connectivity index (χ2v) is 4.81. The summed E-state index contributed by atoms with van der Waals surface area (Å²) in [6, 6.07) is 1.76. The third kappa shape index (κ3) is 3.18. The van der Waals surface area contributed by atoms with Crippen LogP contribution in [0.15, 0.2) is 17.8 Å². The molecule has 2 aromatic rings. The molecule has 7 heteroatoms. The summed E-state index contributed by atoms with van der Waals surface area (Å²) in [5, 5.41) is 3.12. The van der Waals surface area contributed by atoms with E-state index in [4.69, 9.17) is 18.0 Å². The van der Waals surface area contributed by atoms with Crippen molar-refractivity contribution < 1.29 is 0 Å². The fourth-order valence-electron chi connectivity index (χ4n) is 1.27. The number of rotatable bonds is 4. The Morgan fingerprint density at radius 3 is 3.00 bits per heavy atom. The number of hydrogen-bond acceptors (Lipinski definition) is 6. The first-order chi connectivity index (χ1) is 8.15. The fraction of sp³-hybridized carbons (Fsp3) is 0.200. The molecule has 0 atom stereocenters. The summed E-state index contributed by atoms with van der Waals surface area (Å²) in [5.41, 5.74) is 8.75. The molecule has 17 heavy (non-hydrogen) atoms. The lowest BCUT2D eigenvalue weighted by molar-refractivity contribution is 1.03. The number of thiocarbonyl (C=S) groups is 1. The van der Waals surface area contributed by atoms with Gasteiger partial charge >= 0.3 is 0 Å². The standard InChI is InChI=1S/C10H11N5S2/c1-6-2-8(9(11)16)15-10(14-6)13-4-7-3-12-5-17-7/h2-3,5H,4H2,1H3,(H2,11,16)(H,13,14,15). The highest BCUT2D eigenvalue weighted by Gasteiger charge is 2.04. The lowest BCUT2D eigenvalue weighted by atomic mass is 10.3. The van der Waals surface area contributed by atoms with Crippen LogP contribution in [0.1, 0.15) is 16.3 Å². The average molecular weight is 265 g/mol. The molecule has 0 fully saturated rings. The number of aryl methyl sites for hydroxylation is 1. The van der Waals surface area contributed by atoms with Crippen LogP contribution in [-0.2, 0) is 6.54 Å². The summed E-state index contributed by atoms with van der Waals surface area (Å²) in [4.78, 5) is 13.9. The van der Waals surface area contributed by atoms with Crippen molar-refractivity contribution in [1.29, 1.82) is 0 Å². The van der Waals surface area contributed by atoms with Crippen molar-refractivity contribution in [2.45, 2.75) is 13.5 Å². The van der Waals surface area contributed by atoms with Gasteiger partial charge in [-0.05, 0) is 13.0 Å². The molecular weight excluding hydrogens is 254 g/mol. The number of aromatic nitrogens is 3. The molecule has 0 aliphatic heterocycles. The van der Waals surface area contributed by atoms with E-state index < -0.39 is 0 Å². The Morgan fingerprint density at radius 1 is 1.53 bits per heavy atom. The summed E-state index contributed by atoms with van der Waals surface area (Å²) < 4.78 is 0. The van der Waals surface area contributed by atoms with E-state index in [1.165, 1.54) is 0 Å². The van der Waals surface area contributed by atoms with Gasteiger partial charge in [0.25, 0.3) is 0 Å². The van der Waals surface area contributed by atoms with E-state index in [2.05, 4.69) is 20.3 Å². The predicted octanol–water partition coefficient (Wildman–Crippen LogP) is 1.49. The van der Waals surface area contributed by atoms with E-state index in [0.29, 0.717) is 18.2 Å². The SMILES string of the molecule is Cc1cc(C(N)=S)nc(NCc2cncs2)n1. The van der Waals surface area contributed by atoms with Crippen LogP contribution < -0.4 is 11.1 Å². The van der Waals surface area contributed by atoms with Crippen molar-refractivity contribution in [2.24, 2.45) is 5.73 Å². The molecule has 88 valence electrons. The molecule has 0 saturated heterocycles. The maximum atomic E-state index is 5.55. The highest BCUT2D eigenvalue weighted by atomic mass is 32.1. The van der Waals surface area contributed by atoms with E-state index in [-0.39, 0.29) is 4.99 Å². The molecule has 2 aromatic heterocycles. The molecule has 2 heterocycles. The van der Waals surface area contributed by atoms with Crippen molar-refractivity contribution >= 4 is 34.5 Å². The fourth-order valence-corrected chi connectivity index (χ4v) is 1.91. The third-order valence-electron chi connectivity index (χ3n) is 2.01. The maximum absolute atomic E-state index is 5.55. The van der Waals surface area contributed by atoms with Crippen molar-refractivity contribution in [3.8, 4) is 0 Å². The molecule has 0 aromatic carbocycles. The number of hydrogen-bond donors (Lipinski definition) is 2. The van der Waals surface area contributed by atoms with Crippen LogP contribution in [0, 0.1) is 6.92 Å². The number of thiazole rings is 1. The van der Waals surface area contributed by atoms with Gasteiger partial charge in [0.15, 0.2) is 0 Å². The first kappa shape index (κ1) is 11.9. The van der Waals surface area contributed by atoms with E-state index >= 15 is 0 Å². The lowest BCUT2D eigenvalue weighted by Gasteiger charge is -2.06. The molecule has 0 bridgehead atoms. The molecule has 0 amide bonds. The lowest BCUT2D eigenvalue weighted by Crippen LogP contribution is -2.14. The minimum absolute atomic E-state index is 0.274. The molecule has 0 aliphatic carbocycles. The van der Waals surface area contributed by atoms with Crippen LogP contribution in [0.5, 0.6) is 0 Å². The van der Waals surface area contributed by atoms with Gasteiger partial charge in [0.1, 0.15) is 10.7 Å². The number of nitrogens with two attached hydrogens (primary N) is 1. The van der Waals surface area contributed by atoms with E-state index in [1.807, 2.05) is 13.1 Å². The van der Waals surface area contributed by atoms with E-state index in [1.54, 1.807) is 22.9 Å². The summed E-state index contributed by atoms with van der Waals surface area (Å²) in [6.45, 7) is 2.52. The summed E-state index contributed by atoms with van der Waals surface area (Å²) in [7, 11) is 0. The molecule has 3 N–H and O–H groups in total. The van der Waals surface area contributed by atoms with Gasteiger partial charge in [0.05, 0.1) is 12.1 Å². The van der Waals surface area contributed by atoms with Gasteiger partial charge in [-0.3, -0.25) is 4.98 Å². The largest absolute Gasteiger partial charge is 0.388 e. The summed E-state index contributed by atoms with van der Waals surface area (Å²) >= 11 is 6.47. The zero-order chi connectivity index (χ0) is 12.3. The summed E-state index contributed by atoms with van der Waals surface area (Å²) in [6.07, 6.45) is 1.81. The van der Waals surface area contributed by atoms with Crippen LogP contribution in [-0.4, -0.2) is 19.9 Å². The van der Waals surface area contributed by atoms with Gasteiger partial charge in [0, 0.05) is 16.8 Å². The first-order valence-corrected chi connectivity index (χ1v) is 6.20. The Kier molecular flexibility index (Phi) is 3.60. The van der Waals surface area contributed by atoms with Crippen molar-refractivity contribution in [1.82, 2.24) is 15.0 Å². The second-order valence-electron chi connectivity index (χ2n) is 3.40. The van der Waals surface area contributed by atoms with Gasteiger partial charge in [0.2, 0.25) is 5.95 Å². The van der Waals surface area contributed by atoms with Crippen LogP contribution in [0.4, 0.5) is 5.95 Å². The monoisotopic (exact) mass is 265 g/mol. The Labute approximate surface area is 108 Å².